The van der Waals surface area contributed by atoms with Gasteiger partial charge in [-0.05, 0) is 126 Å². The van der Waals surface area contributed by atoms with Crippen LogP contribution in [0.25, 0.3) is 32.7 Å². The largest absolute Gasteiger partial charge is 0.448 e. The Morgan fingerprint density at radius 3 is 1.58 bits per heavy atom. The van der Waals surface area contributed by atoms with E-state index in [1.54, 1.807) is 28.3 Å². The Morgan fingerprint density at radius 2 is 1.18 bits per heavy atom. The lowest BCUT2D eigenvalue weighted by Crippen LogP contribution is -2.06. The quantitative estimate of drug-likeness (QED) is 0.0418. The van der Waals surface area contributed by atoms with Gasteiger partial charge in [-0.2, -0.15) is 0 Å². The Morgan fingerprint density at radius 1 is 0.712 bits per heavy atom. The van der Waals surface area contributed by atoms with Crippen LogP contribution >= 0.6 is 18.1 Å². The number of aliphatic hydroxyl groups is 1. The van der Waals surface area contributed by atoms with Gasteiger partial charge < -0.3 is 27.9 Å². The number of fused-ring (bicyclic) bond motifs is 2. The fraction of sp³-hybridized carbons (Fsp3) is 0.421. The first kappa shape index (κ1) is 61.3. The van der Waals surface area contributed by atoms with Gasteiger partial charge in [-0.25, -0.2) is 0 Å². The zero-order valence-corrected chi connectivity index (χ0v) is 45.3. The zero-order chi connectivity index (χ0) is 50.2. The lowest BCUT2D eigenvalue weighted by atomic mass is 9.87. The van der Waals surface area contributed by atoms with Crippen molar-refractivity contribution in [3.8, 4) is 46.3 Å². The van der Waals surface area contributed by atoms with E-state index in [0.29, 0.717) is 28.5 Å². The molecule has 4 aromatic carbocycles. The molecule has 360 valence electrons. The molecule has 1 aliphatic carbocycles. The van der Waals surface area contributed by atoms with Crippen molar-refractivity contribution in [3.63, 3.8) is 0 Å². The first-order chi connectivity index (χ1) is 31.7. The number of ketones is 1. The summed E-state index contributed by atoms with van der Waals surface area (Å²) < 4.78 is 28.7. The van der Waals surface area contributed by atoms with E-state index in [0.717, 1.165) is 56.8 Å². The molecule has 5 rings (SSSR count). The normalized spacial score (nSPS) is 12.8. The standard InChI is InChI=1S/C36H40O6P2.C9H16.2C4H6.C2H6O.C2H6/c1-7-12-27(21(2)3)23(5)40-44-42-35-30(22(4)37)19-25-13-8-10-15-28(25)32(35)33-29-16-11-9-14-26(29)20-31(34(38)24-17-18-24)36(33)41-43-39-6;1-5-7-9(6-2)8(3)4;2*1-3-4-2;1-3-2;1-2/h7-16,19-22,24,37,43-44H,17-18H2,1-6H3;5-8H,1-4H3;2*1-2H3;1-2H3;1-2H3/b12-7-,27-23-;7-5-,9-6+;;;;. The molecule has 66 heavy (non-hydrogen) atoms. The van der Waals surface area contributed by atoms with Crippen molar-refractivity contribution >= 4 is 45.4 Å². The van der Waals surface area contributed by atoms with E-state index in [1.807, 2.05) is 129 Å². The van der Waals surface area contributed by atoms with E-state index in [1.165, 1.54) is 5.57 Å². The highest BCUT2D eigenvalue weighted by Gasteiger charge is 2.35. The van der Waals surface area contributed by atoms with Crippen LogP contribution in [0.2, 0.25) is 0 Å². The number of carbonyl (C=O) groups is 1. The number of carbonyl (C=O) groups excluding carboxylic acids is 1. The van der Waals surface area contributed by atoms with Crippen LogP contribution in [0.3, 0.4) is 0 Å². The Balaban J connectivity index is 0.00000160. The molecule has 3 unspecified atom stereocenters. The average molecular weight is 939 g/mol. The van der Waals surface area contributed by atoms with Gasteiger partial charge in [0.15, 0.2) is 5.78 Å². The van der Waals surface area contributed by atoms with E-state index >= 15 is 0 Å². The van der Waals surface area contributed by atoms with Crippen molar-refractivity contribution in [1.29, 1.82) is 0 Å². The van der Waals surface area contributed by atoms with Gasteiger partial charge in [0.1, 0.15) is 17.3 Å². The van der Waals surface area contributed by atoms with Crippen molar-refractivity contribution < 1.29 is 32.7 Å². The third-order valence-corrected chi connectivity index (χ3v) is 10.9. The maximum Gasteiger partial charge on any atom is 0.275 e. The minimum atomic E-state index is -0.836. The number of methoxy groups -OCH3 is 1. The summed E-state index contributed by atoms with van der Waals surface area (Å²) in [6.45, 7) is 29.7. The van der Waals surface area contributed by atoms with Gasteiger partial charge in [-0.3, -0.25) is 4.79 Å². The fourth-order valence-corrected chi connectivity index (χ4v) is 7.39. The zero-order valence-electron chi connectivity index (χ0n) is 43.3. The molecule has 9 heteroatoms. The second-order valence-corrected chi connectivity index (χ2v) is 16.6. The summed E-state index contributed by atoms with van der Waals surface area (Å²) in [5.41, 5.74) is 5.14. The van der Waals surface area contributed by atoms with Crippen molar-refractivity contribution in [2.24, 2.45) is 17.8 Å². The summed E-state index contributed by atoms with van der Waals surface area (Å²) in [6, 6.07) is 19.9. The highest BCUT2D eigenvalue weighted by molar-refractivity contribution is 7.27. The van der Waals surface area contributed by atoms with Crippen LogP contribution in [-0.4, -0.2) is 32.2 Å². The van der Waals surface area contributed by atoms with E-state index in [9.17, 15) is 9.90 Å². The predicted molar refractivity (Wildman–Crippen MR) is 289 cm³/mol. The Labute approximate surface area is 403 Å². The molecule has 0 radical (unpaired) electrons. The van der Waals surface area contributed by atoms with Gasteiger partial charge >= 0.3 is 0 Å². The summed E-state index contributed by atoms with van der Waals surface area (Å²) in [4.78, 5) is 13.7. The summed E-state index contributed by atoms with van der Waals surface area (Å²) in [6.07, 6.45) is 11.4. The number of ether oxygens (including phenoxy) is 1. The topological polar surface area (TPSA) is 83.5 Å². The Bertz CT molecular complexity index is 2280. The first-order valence-electron chi connectivity index (χ1n) is 22.8. The van der Waals surface area contributed by atoms with Crippen LogP contribution < -0.4 is 9.05 Å². The highest BCUT2D eigenvalue weighted by atomic mass is 31.1. The Kier molecular flexibility index (Phi) is 32.9. The molecule has 0 amide bonds. The molecule has 1 aliphatic rings. The molecule has 0 aliphatic heterocycles. The van der Waals surface area contributed by atoms with E-state index < -0.39 is 6.10 Å². The molecule has 1 saturated carbocycles. The smallest absolute Gasteiger partial charge is 0.275 e. The Hall–Kier alpha value is -4.71. The van der Waals surface area contributed by atoms with Gasteiger partial charge in [0.05, 0.1) is 11.7 Å². The molecule has 0 heterocycles. The summed E-state index contributed by atoms with van der Waals surface area (Å²) in [5, 5.41) is 14.8. The summed E-state index contributed by atoms with van der Waals surface area (Å²) in [5.74, 6) is 13.5. The number of hydrogen-bond donors (Lipinski definition) is 1. The van der Waals surface area contributed by atoms with Crippen molar-refractivity contribution in [1.82, 2.24) is 0 Å². The van der Waals surface area contributed by atoms with Crippen LogP contribution in [0.5, 0.6) is 11.5 Å². The van der Waals surface area contributed by atoms with Crippen LogP contribution in [0.15, 0.2) is 108 Å². The number of rotatable bonds is 15. The van der Waals surface area contributed by atoms with Gasteiger partial charge in [0, 0.05) is 43.9 Å². The second-order valence-electron chi connectivity index (χ2n) is 15.2. The van der Waals surface area contributed by atoms with Gasteiger partial charge in [0.2, 0.25) is 9.03 Å². The number of benzene rings is 4. The van der Waals surface area contributed by atoms with Crippen LogP contribution in [0, 0.1) is 41.4 Å². The number of hydrogen-bond acceptors (Lipinski definition) is 7. The van der Waals surface area contributed by atoms with Crippen LogP contribution in [0.1, 0.15) is 139 Å². The maximum atomic E-state index is 13.7. The first-order valence-corrected chi connectivity index (χ1v) is 24.4. The molecule has 0 spiro atoms. The molecule has 1 fully saturated rings. The molecular weight excluding hydrogens is 859 g/mol. The highest BCUT2D eigenvalue weighted by Crippen LogP contribution is 2.52. The number of Topliss-reactive ketones (excluding diaryl/α,β-unsaturated/α-hetero) is 1. The molecule has 0 saturated heterocycles. The monoisotopic (exact) mass is 939 g/mol. The third kappa shape index (κ3) is 20.0. The minimum Gasteiger partial charge on any atom is -0.448 e. The molecule has 4 aromatic rings. The SMILES string of the molecule is C/C=C\C(=C(/C)OPOc1c(C(C)O)cc2ccccc2c1-c1c(OPOC)c(C(=O)C2CC2)cc2ccccc12)C(C)C.C/C=C\C(=C/C)C(C)C.CC.CC#CC.CC#CC.COC. The summed E-state index contributed by atoms with van der Waals surface area (Å²) in [7, 11) is 4.14. The molecule has 0 bridgehead atoms. The molecule has 7 nitrogen and oxygen atoms in total. The third-order valence-electron chi connectivity index (χ3n) is 9.75. The van der Waals surface area contributed by atoms with E-state index in [-0.39, 0.29) is 35.7 Å². The molecular formula is C57H80O7P2. The fourth-order valence-electron chi connectivity index (χ4n) is 6.43. The van der Waals surface area contributed by atoms with Crippen LogP contribution in [-0.2, 0) is 13.8 Å². The predicted octanol–water partition coefficient (Wildman–Crippen LogP) is 16.8. The maximum absolute atomic E-state index is 13.7. The number of allylic oxidation sites excluding steroid dienone is 8. The van der Waals surface area contributed by atoms with Crippen molar-refractivity contribution in [2.45, 2.75) is 123 Å². The molecule has 1 N–H and O–H groups in total. The second kappa shape index (κ2) is 35.5. The van der Waals surface area contributed by atoms with Crippen molar-refractivity contribution in [2.75, 3.05) is 21.3 Å². The van der Waals surface area contributed by atoms with Crippen LogP contribution in [0.4, 0.5) is 0 Å². The van der Waals surface area contributed by atoms with Gasteiger partial charge in [0.25, 0.3) is 9.03 Å². The van der Waals surface area contributed by atoms with E-state index in [2.05, 4.69) is 87.3 Å². The molecule has 0 aromatic heterocycles. The van der Waals surface area contributed by atoms with E-state index in [4.69, 9.17) is 18.1 Å². The van der Waals surface area contributed by atoms with Gasteiger partial charge in [-0.1, -0.05) is 126 Å². The molecule has 3 atom stereocenters. The lowest BCUT2D eigenvalue weighted by Gasteiger charge is -2.24. The van der Waals surface area contributed by atoms with Gasteiger partial charge in [-0.15, -0.1) is 23.7 Å². The average Bonchev–Trinajstić information content (AvgIpc) is 4.18. The summed E-state index contributed by atoms with van der Waals surface area (Å²) >= 11 is 0. The van der Waals surface area contributed by atoms with Crippen molar-refractivity contribution in [3.05, 3.63) is 119 Å². The minimum absolute atomic E-state index is 0.00882. The number of aliphatic hydroxyl groups excluding tert-OH is 1. The lowest BCUT2D eigenvalue weighted by molar-refractivity contribution is 0.0966.